The van der Waals surface area contributed by atoms with Crippen LogP contribution in [-0.2, 0) is 6.42 Å². The number of rotatable bonds is 2. The quantitative estimate of drug-likeness (QED) is 0.883. The summed E-state index contributed by atoms with van der Waals surface area (Å²) in [5, 5.41) is 10.3. The monoisotopic (exact) mass is 244 g/mol. The predicted molar refractivity (Wildman–Crippen MR) is 67.8 cm³/mol. The van der Waals surface area contributed by atoms with Crippen LogP contribution < -0.4 is 4.74 Å². The first-order chi connectivity index (χ1) is 8.75. The summed E-state index contributed by atoms with van der Waals surface area (Å²) in [6.07, 6.45) is 2.95. The summed E-state index contributed by atoms with van der Waals surface area (Å²) < 4.78 is 10.9. The summed E-state index contributed by atoms with van der Waals surface area (Å²) in [6.45, 7) is 2.72. The Morgan fingerprint density at radius 3 is 2.94 bits per heavy atom. The molecule has 0 amide bonds. The van der Waals surface area contributed by atoms with Crippen molar-refractivity contribution in [1.29, 1.82) is 0 Å². The molecule has 1 aromatic heterocycles. The molecule has 18 heavy (non-hydrogen) atoms. The lowest BCUT2D eigenvalue weighted by Crippen LogP contribution is -2.09. The highest BCUT2D eigenvalue weighted by atomic mass is 16.5. The lowest BCUT2D eigenvalue weighted by molar-refractivity contribution is 0.188. The molecule has 1 unspecified atom stereocenters. The summed E-state index contributed by atoms with van der Waals surface area (Å²) in [5.41, 5.74) is 3.00. The van der Waals surface area contributed by atoms with Crippen LogP contribution in [0.3, 0.4) is 0 Å². The van der Waals surface area contributed by atoms with Gasteiger partial charge < -0.3 is 14.3 Å². The highest BCUT2D eigenvalue weighted by molar-refractivity contribution is 5.41. The van der Waals surface area contributed by atoms with Gasteiger partial charge in [-0.05, 0) is 54.7 Å². The Morgan fingerprint density at radius 1 is 1.28 bits per heavy atom. The fourth-order valence-electron chi connectivity index (χ4n) is 2.37. The maximum Gasteiger partial charge on any atom is 0.139 e. The molecule has 0 aliphatic carbocycles. The molecule has 0 saturated carbocycles. The maximum absolute atomic E-state index is 10.3. The molecule has 2 heterocycles. The highest BCUT2D eigenvalue weighted by Gasteiger charge is 2.19. The van der Waals surface area contributed by atoms with Crippen LogP contribution in [0.5, 0.6) is 5.75 Å². The van der Waals surface area contributed by atoms with E-state index in [1.807, 2.05) is 31.2 Å². The number of benzene rings is 1. The molecule has 1 aliphatic heterocycles. The first-order valence-electron chi connectivity index (χ1n) is 6.23. The fourth-order valence-corrected chi connectivity index (χ4v) is 2.37. The van der Waals surface area contributed by atoms with Gasteiger partial charge in [-0.15, -0.1) is 0 Å². The normalized spacial score (nSPS) is 15.9. The van der Waals surface area contributed by atoms with Crippen LogP contribution in [-0.4, -0.2) is 11.7 Å². The second kappa shape index (κ2) is 4.50. The van der Waals surface area contributed by atoms with E-state index >= 15 is 0 Å². The molecule has 3 heteroatoms. The van der Waals surface area contributed by atoms with E-state index in [4.69, 9.17) is 9.15 Å². The molecule has 1 aromatic carbocycles. The van der Waals surface area contributed by atoms with Crippen molar-refractivity contribution in [2.75, 3.05) is 6.61 Å². The number of aliphatic hydroxyl groups is 1. The number of hydrogen-bond acceptors (Lipinski definition) is 3. The molecule has 0 saturated heterocycles. The summed E-state index contributed by atoms with van der Waals surface area (Å²) in [4.78, 5) is 0. The van der Waals surface area contributed by atoms with Crippen molar-refractivity contribution < 1.29 is 14.3 Å². The van der Waals surface area contributed by atoms with Gasteiger partial charge in [-0.25, -0.2) is 0 Å². The van der Waals surface area contributed by atoms with Crippen molar-refractivity contribution in [3.05, 3.63) is 53.0 Å². The molecule has 1 N–H and O–H groups in total. The van der Waals surface area contributed by atoms with Crippen LogP contribution in [0.4, 0.5) is 0 Å². The first-order valence-corrected chi connectivity index (χ1v) is 6.23. The van der Waals surface area contributed by atoms with Crippen LogP contribution in [0, 0.1) is 6.92 Å². The topological polar surface area (TPSA) is 42.6 Å². The smallest absolute Gasteiger partial charge is 0.139 e. The first kappa shape index (κ1) is 11.4. The van der Waals surface area contributed by atoms with Crippen LogP contribution in [0.2, 0.25) is 0 Å². The number of aliphatic hydroxyl groups excluding tert-OH is 1. The zero-order valence-corrected chi connectivity index (χ0v) is 10.3. The third kappa shape index (κ3) is 1.91. The van der Waals surface area contributed by atoms with E-state index in [0.717, 1.165) is 36.3 Å². The van der Waals surface area contributed by atoms with Crippen molar-refractivity contribution in [1.82, 2.24) is 0 Å². The summed E-state index contributed by atoms with van der Waals surface area (Å²) in [5.74, 6) is 1.56. The molecule has 0 bridgehead atoms. The lowest BCUT2D eigenvalue weighted by atomic mass is 9.98. The molecule has 0 radical (unpaired) electrons. The van der Waals surface area contributed by atoms with E-state index in [1.54, 1.807) is 6.26 Å². The SMILES string of the molecule is Cc1ccoc1C(O)c1ccc2c(c1)CCCO2. The van der Waals surface area contributed by atoms with Gasteiger partial charge in [-0.3, -0.25) is 0 Å². The Balaban J connectivity index is 1.95. The van der Waals surface area contributed by atoms with Gasteiger partial charge in [0.2, 0.25) is 0 Å². The average molecular weight is 244 g/mol. The summed E-state index contributed by atoms with van der Waals surface area (Å²) in [7, 11) is 0. The Bertz CT molecular complexity index is 557. The molecule has 3 rings (SSSR count). The predicted octanol–water partition coefficient (Wildman–Crippen LogP) is 2.99. The Labute approximate surface area is 106 Å². The number of ether oxygens (including phenoxy) is 1. The average Bonchev–Trinajstić information content (AvgIpc) is 2.83. The molecule has 94 valence electrons. The van der Waals surface area contributed by atoms with Crippen molar-refractivity contribution in [2.45, 2.75) is 25.9 Å². The summed E-state index contributed by atoms with van der Waals surface area (Å²) in [6, 6.07) is 7.71. The van der Waals surface area contributed by atoms with Gasteiger partial charge in [0, 0.05) is 0 Å². The third-order valence-corrected chi connectivity index (χ3v) is 3.40. The molecular weight excluding hydrogens is 228 g/mol. The third-order valence-electron chi connectivity index (χ3n) is 3.40. The van der Waals surface area contributed by atoms with E-state index in [-0.39, 0.29) is 0 Å². The minimum atomic E-state index is -0.702. The molecule has 0 spiro atoms. The second-order valence-corrected chi connectivity index (χ2v) is 4.69. The standard InChI is InChI=1S/C15H16O3/c1-10-6-8-18-15(10)14(16)12-4-5-13-11(9-12)3-2-7-17-13/h4-6,8-9,14,16H,2-3,7H2,1H3. The van der Waals surface area contributed by atoms with Gasteiger partial charge in [0.05, 0.1) is 12.9 Å². The molecule has 1 atom stereocenters. The van der Waals surface area contributed by atoms with E-state index < -0.39 is 6.10 Å². The van der Waals surface area contributed by atoms with Gasteiger partial charge in [-0.2, -0.15) is 0 Å². The van der Waals surface area contributed by atoms with Gasteiger partial charge >= 0.3 is 0 Å². The fraction of sp³-hybridized carbons (Fsp3) is 0.333. The van der Waals surface area contributed by atoms with Crippen LogP contribution in [0.15, 0.2) is 34.9 Å². The summed E-state index contributed by atoms with van der Waals surface area (Å²) >= 11 is 0. The minimum Gasteiger partial charge on any atom is -0.493 e. The van der Waals surface area contributed by atoms with E-state index in [9.17, 15) is 5.11 Å². The molecular formula is C15H16O3. The largest absolute Gasteiger partial charge is 0.493 e. The Morgan fingerprint density at radius 2 is 2.17 bits per heavy atom. The Kier molecular flexibility index (Phi) is 2.84. The van der Waals surface area contributed by atoms with E-state index in [2.05, 4.69) is 0 Å². The number of furan rings is 1. The zero-order chi connectivity index (χ0) is 12.5. The molecule has 0 fully saturated rings. The molecule has 3 nitrogen and oxygen atoms in total. The van der Waals surface area contributed by atoms with Crippen LogP contribution >= 0.6 is 0 Å². The maximum atomic E-state index is 10.3. The zero-order valence-electron chi connectivity index (χ0n) is 10.3. The van der Waals surface area contributed by atoms with Crippen molar-refractivity contribution in [3.8, 4) is 5.75 Å². The van der Waals surface area contributed by atoms with Crippen LogP contribution in [0.25, 0.3) is 0 Å². The van der Waals surface area contributed by atoms with Crippen molar-refractivity contribution >= 4 is 0 Å². The minimum absolute atomic E-state index is 0.617. The Hall–Kier alpha value is -1.74. The van der Waals surface area contributed by atoms with E-state index in [1.165, 1.54) is 5.56 Å². The van der Waals surface area contributed by atoms with Crippen molar-refractivity contribution in [2.24, 2.45) is 0 Å². The number of fused-ring (bicyclic) bond motifs is 1. The van der Waals surface area contributed by atoms with Gasteiger partial charge in [0.15, 0.2) is 0 Å². The van der Waals surface area contributed by atoms with Gasteiger partial charge in [-0.1, -0.05) is 6.07 Å². The number of aryl methyl sites for hydroxylation is 2. The van der Waals surface area contributed by atoms with Crippen molar-refractivity contribution in [3.63, 3.8) is 0 Å². The van der Waals surface area contributed by atoms with E-state index in [0.29, 0.717) is 5.76 Å². The van der Waals surface area contributed by atoms with Gasteiger partial charge in [0.1, 0.15) is 17.6 Å². The highest BCUT2D eigenvalue weighted by Crippen LogP contribution is 2.31. The molecule has 2 aromatic rings. The second-order valence-electron chi connectivity index (χ2n) is 4.69. The number of hydrogen-bond donors (Lipinski definition) is 1. The lowest BCUT2D eigenvalue weighted by Gasteiger charge is -2.19. The molecule has 1 aliphatic rings. The van der Waals surface area contributed by atoms with Crippen LogP contribution in [0.1, 0.15) is 35.0 Å². The van der Waals surface area contributed by atoms with Gasteiger partial charge in [0.25, 0.3) is 0 Å².